The fraction of sp³-hybridized carbons (Fsp3) is 0.818. The van der Waals surface area contributed by atoms with Crippen LogP contribution in [-0.2, 0) is 28.5 Å². The Bertz CT molecular complexity index is 321. The molecule has 1 rings (SSSR count). The van der Waals surface area contributed by atoms with Crippen molar-refractivity contribution in [3.05, 3.63) is 0 Å². The summed E-state index contributed by atoms with van der Waals surface area (Å²) in [5.41, 5.74) is 0. The molecule has 0 amide bonds. The number of esters is 2. The van der Waals surface area contributed by atoms with Crippen LogP contribution in [0.4, 0.5) is 0 Å². The molecule has 1 fully saturated rings. The van der Waals surface area contributed by atoms with E-state index in [9.17, 15) is 9.59 Å². The second kappa shape index (κ2) is 6.36. The lowest BCUT2D eigenvalue weighted by Gasteiger charge is -2.41. The highest BCUT2D eigenvalue weighted by Gasteiger charge is 2.47. The zero-order chi connectivity index (χ0) is 13.9. The van der Waals surface area contributed by atoms with Crippen LogP contribution in [0.2, 0.25) is 0 Å². The third kappa shape index (κ3) is 3.57. The van der Waals surface area contributed by atoms with Crippen LogP contribution < -0.4 is 0 Å². The average Bonchev–Trinajstić information content (AvgIpc) is 2.27. The van der Waals surface area contributed by atoms with Gasteiger partial charge in [-0.1, -0.05) is 0 Å². The van der Waals surface area contributed by atoms with Gasteiger partial charge in [-0.05, 0) is 6.92 Å². The lowest BCUT2D eigenvalue weighted by atomic mass is 10.0. The van der Waals surface area contributed by atoms with Gasteiger partial charge in [0.25, 0.3) is 0 Å². The van der Waals surface area contributed by atoms with Gasteiger partial charge in [-0.25, -0.2) is 0 Å². The number of hydrogen-bond acceptors (Lipinski definition) is 6. The minimum atomic E-state index is -0.804. The van der Waals surface area contributed by atoms with Crippen LogP contribution >= 0.6 is 11.6 Å². The van der Waals surface area contributed by atoms with Crippen molar-refractivity contribution in [3.63, 3.8) is 0 Å². The second-order valence-electron chi connectivity index (χ2n) is 4.04. The number of rotatable bonds is 3. The highest BCUT2D eigenvalue weighted by molar-refractivity contribution is 6.21. The van der Waals surface area contributed by atoms with E-state index in [1.807, 2.05) is 0 Å². The molecule has 0 aromatic heterocycles. The van der Waals surface area contributed by atoms with Gasteiger partial charge in [0.05, 0.1) is 6.10 Å². The second-order valence-corrected chi connectivity index (χ2v) is 4.54. The van der Waals surface area contributed by atoms with Crippen molar-refractivity contribution in [2.45, 2.75) is 50.8 Å². The van der Waals surface area contributed by atoms with Crippen LogP contribution in [0.25, 0.3) is 0 Å². The molecule has 0 aromatic carbocycles. The SMILES string of the molecule is CO[C@@H]1O[C@@H](C)[C@H](OC(C)=O)[C@@H](OC(C)=O)[C@H]1Cl. The van der Waals surface area contributed by atoms with E-state index in [2.05, 4.69) is 0 Å². The lowest BCUT2D eigenvalue weighted by molar-refractivity contribution is -0.246. The molecule has 104 valence electrons. The van der Waals surface area contributed by atoms with Gasteiger partial charge in [-0.2, -0.15) is 0 Å². The van der Waals surface area contributed by atoms with Gasteiger partial charge in [0, 0.05) is 21.0 Å². The van der Waals surface area contributed by atoms with Gasteiger partial charge in [-0.15, -0.1) is 11.6 Å². The molecular weight excluding hydrogens is 264 g/mol. The van der Waals surface area contributed by atoms with Crippen LogP contribution in [0, 0.1) is 0 Å². The van der Waals surface area contributed by atoms with E-state index >= 15 is 0 Å². The van der Waals surface area contributed by atoms with Crippen LogP contribution in [-0.4, -0.2) is 49.0 Å². The van der Waals surface area contributed by atoms with Crippen LogP contribution in [0.1, 0.15) is 20.8 Å². The summed E-state index contributed by atoms with van der Waals surface area (Å²) in [6, 6.07) is 0. The topological polar surface area (TPSA) is 71.1 Å². The van der Waals surface area contributed by atoms with Crippen molar-refractivity contribution >= 4 is 23.5 Å². The molecule has 0 aromatic rings. The Hall–Kier alpha value is -0.850. The smallest absolute Gasteiger partial charge is 0.303 e. The van der Waals surface area contributed by atoms with Crippen LogP contribution in [0.15, 0.2) is 0 Å². The predicted octanol–water partition coefficient (Wildman–Crippen LogP) is 0.848. The third-order valence-electron chi connectivity index (χ3n) is 2.55. The standard InChI is InChI=1S/C11H17ClO6/c1-5-9(17-6(2)13)10(18-7(3)14)8(12)11(15-4)16-5/h5,8-11H,1-4H3/t5-,8+,9-,10-,11+/m0/s1. The monoisotopic (exact) mass is 280 g/mol. The van der Waals surface area contributed by atoms with Crippen molar-refractivity contribution in [2.75, 3.05) is 7.11 Å². The molecule has 0 bridgehead atoms. The Labute approximate surface area is 110 Å². The van der Waals surface area contributed by atoms with E-state index in [1.54, 1.807) is 6.92 Å². The molecule has 6 nitrogen and oxygen atoms in total. The maximum atomic E-state index is 11.1. The Balaban J connectivity index is 2.89. The molecule has 1 heterocycles. The zero-order valence-corrected chi connectivity index (χ0v) is 11.5. The predicted molar refractivity (Wildman–Crippen MR) is 62.1 cm³/mol. The Morgan fingerprint density at radius 3 is 2.06 bits per heavy atom. The van der Waals surface area contributed by atoms with Gasteiger partial charge < -0.3 is 18.9 Å². The molecule has 5 atom stereocenters. The molecule has 1 aliphatic heterocycles. The van der Waals surface area contributed by atoms with E-state index < -0.39 is 41.9 Å². The van der Waals surface area contributed by atoms with Crippen molar-refractivity contribution < 1.29 is 28.5 Å². The summed E-state index contributed by atoms with van der Waals surface area (Å²) in [6.07, 6.45) is -2.77. The number of carbonyl (C=O) groups excluding carboxylic acids is 2. The van der Waals surface area contributed by atoms with E-state index in [4.69, 9.17) is 30.5 Å². The Morgan fingerprint density at radius 2 is 1.61 bits per heavy atom. The van der Waals surface area contributed by atoms with Gasteiger partial charge in [0.2, 0.25) is 0 Å². The first-order chi connectivity index (χ1) is 8.36. The fourth-order valence-electron chi connectivity index (χ4n) is 1.83. The maximum absolute atomic E-state index is 11.1. The number of hydrogen-bond donors (Lipinski definition) is 0. The summed E-state index contributed by atoms with van der Waals surface area (Å²) >= 11 is 6.12. The van der Waals surface area contributed by atoms with Gasteiger partial charge in [-0.3, -0.25) is 9.59 Å². The third-order valence-corrected chi connectivity index (χ3v) is 3.00. The quantitative estimate of drug-likeness (QED) is 0.564. The van der Waals surface area contributed by atoms with E-state index in [-0.39, 0.29) is 0 Å². The van der Waals surface area contributed by atoms with Crippen molar-refractivity contribution in [1.29, 1.82) is 0 Å². The molecule has 1 aliphatic rings. The van der Waals surface area contributed by atoms with E-state index in [0.29, 0.717) is 0 Å². The van der Waals surface area contributed by atoms with Crippen LogP contribution in [0.3, 0.4) is 0 Å². The Morgan fingerprint density at radius 1 is 1.11 bits per heavy atom. The molecule has 18 heavy (non-hydrogen) atoms. The summed E-state index contributed by atoms with van der Waals surface area (Å²) in [5.74, 6) is -1.00. The van der Waals surface area contributed by atoms with E-state index in [1.165, 1.54) is 21.0 Å². The number of carbonyl (C=O) groups is 2. The van der Waals surface area contributed by atoms with Crippen LogP contribution in [0.5, 0.6) is 0 Å². The molecule has 0 unspecified atom stereocenters. The van der Waals surface area contributed by atoms with E-state index in [0.717, 1.165) is 0 Å². The molecule has 0 N–H and O–H groups in total. The summed E-state index contributed by atoms with van der Waals surface area (Å²) in [6.45, 7) is 4.22. The fourth-order valence-corrected chi connectivity index (χ4v) is 2.19. The Kier molecular flexibility index (Phi) is 5.37. The zero-order valence-electron chi connectivity index (χ0n) is 10.7. The van der Waals surface area contributed by atoms with Gasteiger partial charge in [0.1, 0.15) is 5.38 Å². The van der Waals surface area contributed by atoms with Crippen molar-refractivity contribution in [2.24, 2.45) is 0 Å². The number of alkyl halides is 1. The molecule has 0 saturated carbocycles. The maximum Gasteiger partial charge on any atom is 0.303 e. The molecule has 0 radical (unpaired) electrons. The first-order valence-corrected chi connectivity index (χ1v) is 5.97. The lowest BCUT2D eigenvalue weighted by Crippen LogP contribution is -2.57. The number of halogens is 1. The van der Waals surface area contributed by atoms with Gasteiger partial charge in [0.15, 0.2) is 18.5 Å². The van der Waals surface area contributed by atoms with Crippen molar-refractivity contribution in [3.8, 4) is 0 Å². The summed E-state index contributed by atoms with van der Waals surface area (Å²) in [5, 5.41) is -0.751. The van der Waals surface area contributed by atoms with Crippen molar-refractivity contribution in [1.82, 2.24) is 0 Å². The largest absolute Gasteiger partial charge is 0.457 e. The first kappa shape index (κ1) is 15.2. The number of methoxy groups -OCH3 is 1. The van der Waals surface area contributed by atoms with Gasteiger partial charge >= 0.3 is 11.9 Å². The summed E-state index contributed by atoms with van der Waals surface area (Å²) in [4.78, 5) is 22.1. The normalized spacial score (nSPS) is 35.9. The summed E-state index contributed by atoms with van der Waals surface area (Å²) < 4.78 is 20.7. The molecule has 0 aliphatic carbocycles. The molecule has 0 spiro atoms. The average molecular weight is 281 g/mol. The first-order valence-electron chi connectivity index (χ1n) is 5.53. The number of ether oxygens (including phenoxy) is 4. The highest BCUT2D eigenvalue weighted by Crippen LogP contribution is 2.29. The minimum absolute atomic E-state index is 0.488. The molecule has 1 saturated heterocycles. The minimum Gasteiger partial charge on any atom is -0.457 e. The molecular formula is C11H17ClO6. The highest BCUT2D eigenvalue weighted by atomic mass is 35.5. The summed E-state index contributed by atoms with van der Waals surface area (Å²) in [7, 11) is 1.43. The molecule has 7 heteroatoms.